The molecule has 7 rings (SSSR count). The van der Waals surface area contributed by atoms with Crippen molar-refractivity contribution in [1.82, 2.24) is 19.6 Å². The van der Waals surface area contributed by atoms with Gasteiger partial charge in [0.1, 0.15) is 5.82 Å². The average Bonchev–Trinajstić information content (AvgIpc) is 3.81. The van der Waals surface area contributed by atoms with Crippen LogP contribution in [0.2, 0.25) is 0 Å². The Morgan fingerprint density at radius 1 is 0.933 bits per heavy atom. The number of benzene rings is 2. The molecule has 4 aliphatic rings. The SMILES string of the molecule is CCn1nc(Cc2ccccc2)cc1C1C[C@@H]2CN(C[C@H]3CN(CC4(C(=O)O)CCCCC4)C[C@@H]3c3cccc(F)c3)C[C@@H]2C1. The van der Waals surface area contributed by atoms with Crippen molar-refractivity contribution in [2.45, 2.75) is 76.7 Å². The van der Waals surface area contributed by atoms with Crippen LogP contribution in [0.5, 0.6) is 0 Å². The predicted octanol–water partition coefficient (Wildman–Crippen LogP) is 6.81. The van der Waals surface area contributed by atoms with Gasteiger partial charge in [-0.05, 0) is 79.7 Å². The highest BCUT2D eigenvalue weighted by molar-refractivity contribution is 5.75. The van der Waals surface area contributed by atoms with Gasteiger partial charge in [0.25, 0.3) is 0 Å². The highest BCUT2D eigenvalue weighted by atomic mass is 19.1. The number of hydrogen-bond acceptors (Lipinski definition) is 4. The van der Waals surface area contributed by atoms with Crippen molar-refractivity contribution in [3.63, 3.8) is 0 Å². The molecule has 3 aromatic rings. The highest BCUT2D eigenvalue weighted by Crippen LogP contribution is 2.47. The van der Waals surface area contributed by atoms with Gasteiger partial charge in [0, 0.05) is 69.8 Å². The van der Waals surface area contributed by atoms with Gasteiger partial charge in [-0.2, -0.15) is 5.10 Å². The molecule has 45 heavy (non-hydrogen) atoms. The molecule has 2 aromatic carbocycles. The van der Waals surface area contributed by atoms with Crippen LogP contribution >= 0.6 is 0 Å². The van der Waals surface area contributed by atoms with E-state index in [9.17, 15) is 14.3 Å². The second-order valence-electron chi connectivity index (χ2n) is 14.7. The molecular weight excluding hydrogens is 563 g/mol. The zero-order chi connectivity index (χ0) is 31.0. The molecule has 240 valence electrons. The number of carbonyl (C=O) groups is 1. The first kappa shape index (κ1) is 30.6. The van der Waals surface area contributed by atoms with Crippen molar-refractivity contribution in [3.05, 3.63) is 89.0 Å². The minimum absolute atomic E-state index is 0.182. The minimum Gasteiger partial charge on any atom is -0.481 e. The summed E-state index contributed by atoms with van der Waals surface area (Å²) in [6.07, 6.45) is 8.02. The van der Waals surface area contributed by atoms with Crippen LogP contribution in [0.3, 0.4) is 0 Å². The molecule has 0 amide bonds. The Bertz CT molecular complexity index is 1450. The number of carboxylic acids is 1. The smallest absolute Gasteiger partial charge is 0.310 e. The first-order valence-corrected chi connectivity index (χ1v) is 17.4. The first-order valence-electron chi connectivity index (χ1n) is 17.4. The van der Waals surface area contributed by atoms with E-state index in [4.69, 9.17) is 5.10 Å². The molecule has 7 heteroatoms. The second-order valence-corrected chi connectivity index (χ2v) is 14.7. The van der Waals surface area contributed by atoms with Gasteiger partial charge in [0.15, 0.2) is 0 Å². The lowest BCUT2D eigenvalue weighted by Crippen LogP contribution is -2.44. The second kappa shape index (κ2) is 13.0. The Morgan fingerprint density at radius 3 is 2.38 bits per heavy atom. The van der Waals surface area contributed by atoms with Gasteiger partial charge < -0.3 is 14.9 Å². The number of likely N-dealkylation sites (tertiary alicyclic amines) is 2. The minimum atomic E-state index is -0.634. The zero-order valence-corrected chi connectivity index (χ0v) is 26.8. The quantitative estimate of drug-likeness (QED) is 0.273. The molecule has 2 aliphatic heterocycles. The van der Waals surface area contributed by atoms with Gasteiger partial charge in [0.05, 0.1) is 11.1 Å². The molecule has 2 saturated heterocycles. The molecule has 3 heterocycles. The van der Waals surface area contributed by atoms with Crippen LogP contribution in [0.4, 0.5) is 4.39 Å². The summed E-state index contributed by atoms with van der Waals surface area (Å²) >= 11 is 0. The highest BCUT2D eigenvalue weighted by Gasteiger charge is 2.46. The van der Waals surface area contributed by atoms with Crippen molar-refractivity contribution < 1.29 is 14.3 Å². The third-order valence-corrected chi connectivity index (χ3v) is 11.7. The summed E-state index contributed by atoms with van der Waals surface area (Å²) in [6, 6.07) is 20.1. The molecule has 2 aliphatic carbocycles. The van der Waals surface area contributed by atoms with Gasteiger partial charge in [-0.1, -0.05) is 61.7 Å². The number of carboxylic acid groups (broad SMARTS) is 1. The fourth-order valence-electron chi connectivity index (χ4n) is 9.57. The molecule has 0 spiro atoms. The van der Waals surface area contributed by atoms with E-state index in [1.54, 1.807) is 6.07 Å². The third kappa shape index (κ3) is 6.48. The molecule has 4 fully saturated rings. The lowest BCUT2D eigenvalue weighted by atomic mass is 9.73. The summed E-state index contributed by atoms with van der Waals surface area (Å²) in [6.45, 7) is 8.70. The number of fused-ring (bicyclic) bond motifs is 1. The predicted molar refractivity (Wildman–Crippen MR) is 175 cm³/mol. The number of halogens is 1. The summed E-state index contributed by atoms with van der Waals surface area (Å²) in [4.78, 5) is 17.6. The van der Waals surface area contributed by atoms with Crippen LogP contribution in [0.1, 0.15) is 86.2 Å². The normalized spacial score (nSPS) is 28.4. The fourth-order valence-corrected chi connectivity index (χ4v) is 9.57. The Hall–Kier alpha value is -3.03. The van der Waals surface area contributed by atoms with Crippen molar-refractivity contribution >= 4 is 5.97 Å². The molecule has 2 saturated carbocycles. The van der Waals surface area contributed by atoms with E-state index in [2.05, 4.69) is 63.9 Å². The van der Waals surface area contributed by atoms with E-state index in [1.807, 2.05) is 6.07 Å². The lowest BCUT2D eigenvalue weighted by molar-refractivity contribution is -0.152. The maximum atomic E-state index is 14.4. The lowest BCUT2D eigenvalue weighted by Gasteiger charge is -2.36. The summed E-state index contributed by atoms with van der Waals surface area (Å²) in [5.41, 5.74) is 4.32. The van der Waals surface area contributed by atoms with E-state index in [0.29, 0.717) is 30.2 Å². The van der Waals surface area contributed by atoms with Crippen LogP contribution in [-0.4, -0.2) is 69.9 Å². The maximum absolute atomic E-state index is 14.4. The Balaban J connectivity index is 1.01. The average molecular weight is 613 g/mol. The number of nitrogens with zero attached hydrogens (tertiary/aromatic N) is 4. The third-order valence-electron chi connectivity index (χ3n) is 11.7. The summed E-state index contributed by atoms with van der Waals surface area (Å²) < 4.78 is 16.6. The maximum Gasteiger partial charge on any atom is 0.310 e. The molecule has 1 N–H and O–H groups in total. The van der Waals surface area contributed by atoms with Gasteiger partial charge in [-0.3, -0.25) is 9.48 Å². The van der Waals surface area contributed by atoms with Crippen molar-refractivity contribution in [3.8, 4) is 0 Å². The summed E-state index contributed by atoms with van der Waals surface area (Å²) in [7, 11) is 0. The Morgan fingerprint density at radius 2 is 1.69 bits per heavy atom. The monoisotopic (exact) mass is 612 g/mol. The molecule has 1 unspecified atom stereocenters. The van der Waals surface area contributed by atoms with Gasteiger partial charge in [-0.25, -0.2) is 4.39 Å². The van der Waals surface area contributed by atoms with E-state index in [1.165, 1.54) is 35.9 Å². The van der Waals surface area contributed by atoms with Crippen LogP contribution in [0.25, 0.3) is 0 Å². The first-order chi connectivity index (χ1) is 21.9. The standard InChI is InChI=1S/C38H49FN4O2/c1-2-43-36(20-34(40-43)16-27-10-5-3-6-11-27)29-17-30-21-41(22-31(30)18-29)23-32-24-42(25-35(32)28-12-9-13-33(39)19-28)26-38(37(44)45)14-7-4-8-15-38/h3,5-6,9-13,19-20,29-32,35H,2,4,7-8,14-18,21-26H2,1H3,(H,44,45)/t29?,30-,31+,32-,35+/m0/s1. The number of aromatic nitrogens is 2. The van der Waals surface area contributed by atoms with E-state index in [-0.39, 0.29) is 11.7 Å². The number of rotatable bonds is 10. The summed E-state index contributed by atoms with van der Waals surface area (Å²) in [5.74, 6) is 1.77. The van der Waals surface area contributed by atoms with E-state index >= 15 is 0 Å². The molecule has 0 bridgehead atoms. The van der Waals surface area contributed by atoms with Crippen LogP contribution < -0.4 is 0 Å². The van der Waals surface area contributed by atoms with Crippen molar-refractivity contribution in [2.75, 3.05) is 39.3 Å². The van der Waals surface area contributed by atoms with Crippen LogP contribution in [-0.2, 0) is 17.8 Å². The van der Waals surface area contributed by atoms with Crippen molar-refractivity contribution in [2.24, 2.45) is 23.2 Å². The molecule has 1 aromatic heterocycles. The number of hydrogen-bond donors (Lipinski definition) is 1. The topological polar surface area (TPSA) is 61.6 Å². The van der Waals surface area contributed by atoms with E-state index < -0.39 is 11.4 Å². The van der Waals surface area contributed by atoms with Crippen LogP contribution in [0.15, 0.2) is 60.7 Å². The van der Waals surface area contributed by atoms with Gasteiger partial charge >= 0.3 is 5.97 Å². The Kier molecular flexibility index (Phi) is 8.84. The molecule has 5 atom stereocenters. The molecule has 6 nitrogen and oxygen atoms in total. The van der Waals surface area contributed by atoms with Gasteiger partial charge in [0.2, 0.25) is 0 Å². The Labute approximate surface area is 267 Å². The summed E-state index contributed by atoms with van der Waals surface area (Å²) in [5, 5.41) is 15.3. The fraction of sp³-hybridized carbons (Fsp3) is 0.579. The largest absolute Gasteiger partial charge is 0.481 e. The molecular formula is C38H49FN4O2. The zero-order valence-electron chi connectivity index (χ0n) is 26.8. The number of aryl methyl sites for hydroxylation is 1. The van der Waals surface area contributed by atoms with Crippen LogP contribution in [0, 0.1) is 29.0 Å². The van der Waals surface area contributed by atoms with E-state index in [0.717, 1.165) is 83.4 Å². The molecule has 0 radical (unpaired) electrons. The number of aliphatic carboxylic acids is 1. The van der Waals surface area contributed by atoms with Gasteiger partial charge in [-0.15, -0.1) is 0 Å². The van der Waals surface area contributed by atoms with Crippen molar-refractivity contribution in [1.29, 1.82) is 0 Å².